The zero-order valence-corrected chi connectivity index (χ0v) is 20.8. The lowest BCUT2D eigenvalue weighted by Gasteiger charge is -2.09. The van der Waals surface area contributed by atoms with Gasteiger partial charge in [0.15, 0.2) is 10.8 Å². The molecule has 11 heteroatoms. The zero-order valence-electron chi connectivity index (χ0n) is 17.8. The molecular formula is C21H24ClIN8O. The molecule has 0 saturated carbocycles. The molecule has 4 aromatic rings. The Kier molecular flexibility index (Phi) is 6.82. The molecule has 168 valence electrons. The normalized spacial score (nSPS) is 11.5. The monoisotopic (exact) mass is 566 g/mol. The molecule has 0 aliphatic carbocycles. The van der Waals surface area contributed by atoms with Crippen LogP contribution >= 0.6 is 34.2 Å². The van der Waals surface area contributed by atoms with Gasteiger partial charge in [0.2, 0.25) is 5.95 Å². The molecule has 4 rings (SSSR count). The number of pyridine rings is 1. The van der Waals surface area contributed by atoms with E-state index in [1.165, 1.54) is 0 Å². The molecule has 0 aromatic carbocycles. The molecule has 0 fully saturated rings. The van der Waals surface area contributed by atoms with Crippen LogP contribution in [0.25, 0.3) is 11.2 Å². The average Bonchev–Trinajstić information content (AvgIpc) is 3.36. The first-order valence-electron chi connectivity index (χ1n) is 10.2. The van der Waals surface area contributed by atoms with E-state index in [1.54, 1.807) is 9.13 Å². The molecular weight excluding hydrogens is 543 g/mol. The zero-order chi connectivity index (χ0) is 22.8. The summed E-state index contributed by atoms with van der Waals surface area (Å²) in [4.78, 5) is 26.3. The first kappa shape index (κ1) is 22.7. The van der Waals surface area contributed by atoms with Crippen LogP contribution in [0.15, 0.2) is 35.5 Å². The number of aryl methyl sites for hydroxylation is 1. The van der Waals surface area contributed by atoms with Crippen molar-refractivity contribution in [1.29, 1.82) is 0 Å². The number of nitrogens with zero attached hydrogens (tertiary/aromatic N) is 6. The van der Waals surface area contributed by atoms with E-state index >= 15 is 0 Å². The van der Waals surface area contributed by atoms with Gasteiger partial charge < -0.3 is 15.6 Å². The number of imidazole rings is 1. The largest absolute Gasteiger partial charge is 0.368 e. The fraction of sp³-hybridized carbons (Fsp3) is 0.333. The molecule has 3 N–H and O–H groups in total. The summed E-state index contributed by atoms with van der Waals surface area (Å²) in [6.07, 6.45) is 5.85. The molecule has 0 radical (unpaired) electrons. The van der Waals surface area contributed by atoms with Crippen LogP contribution in [0.3, 0.4) is 0 Å². The van der Waals surface area contributed by atoms with Crippen molar-refractivity contribution in [1.82, 2.24) is 34.0 Å². The Hall–Kier alpha value is -2.44. The van der Waals surface area contributed by atoms with Gasteiger partial charge in [-0.05, 0) is 59.7 Å². The van der Waals surface area contributed by atoms with Gasteiger partial charge in [-0.3, -0.25) is 14.1 Å². The maximum Gasteiger partial charge on any atom is 0.330 e. The molecule has 0 aliphatic heterocycles. The molecule has 4 heterocycles. The minimum atomic E-state index is -0.217. The van der Waals surface area contributed by atoms with Gasteiger partial charge in [0.05, 0.1) is 12.2 Å². The number of anilines is 1. The maximum atomic E-state index is 13.4. The third-order valence-corrected chi connectivity index (χ3v) is 7.31. The van der Waals surface area contributed by atoms with Crippen LogP contribution in [0.1, 0.15) is 16.8 Å². The lowest BCUT2D eigenvalue weighted by molar-refractivity contribution is 0.551. The molecule has 0 aliphatic rings. The van der Waals surface area contributed by atoms with Crippen molar-refractivity contribution in [3.63, 3.8) is 0 Å². The van der Waals surface area contributed by atoms with Crippen LogP contribution in [0, 0.1) is 17.4 Å². The van der Waals surface area contributed by atoms with E-state index in [2.05, 4.69) is 47.4 Å². The van der Waals surface area contributed by atoms with E-state index in [0.29, 0.717) is 24.3 Å². The second kappa shape index (κ2) is 9.59. The van der Waals surface area contributed by atoms with Crippen molar-refractivity contribution in [2.24, 2.45) is 0 Å². The van der Waals surface area contributed by atoms with Gasteiger partial charge in [-0.1, -0.05) is 11.6 Å². The highest BCUT2D eigenvalue weighted by atomic mass is 127. The van der Waals surface area contributed by atoms with Gasteiger partial charge in [0.25, 0.3) is 0 Å². The standard InChI is InChI=1S/C21H24ClIN8O/c1-13-11-26-15(14(2)16(13)23)12-31-19-17(18(22)27-20(24)28-19)30(21(31)32)10-6-25-5-9-29-7-3-4-8-29/h3-4,7-8,11,25H,5-6,9-10,12H2,1-2H3,(H2,24,27,28). The molecule has 0 amide bonds. The highest BCUT2D eigenvalue weighted by Gasteiger charge is 2.20. The third kappa shape index (κ3) is 4.52. The van der Waals surface area contributed by atoms with Crippen LogP contribution in [-0.4, -0.2) is 41.7 Å². The summed E-state index contributed by atoms with van der Waals surface area (Å²) >= 11 is 8.70. The average molecular weight is 567 g/mol. The van der Waals surface area contributed by atoms with Crippen LogP contribution < -0.4 is 16.7 Å². The van der Waals surface area contributed by atoms with Gasteiger partial charge >= 0.3 is 5.69 Å². The Morgan fingerprint density at radius 1 is 1.12 bits per heavy atom. The van der Waals surface area contributed by atoms with E-state index < -0.39 is 0 Å². The molecule has 32 heavy (non-hydrogen) atoms. The number of nitrogens with two attached hydrogens (primary N) is 1. The summed E-state index contributed by atoms with van der Waals surface area (Å²) in [5, 5.41) is 3.53. The van der Waals surface area contributed by atoms with Gasteiger partial charge in [0, 0.05) is 48.3 Å². The fourth-order valence-electron chi connectivity index (χ4n) is 3.64. The van der Waals surface area contributed by atoms with Crippen LogP contribution in [0.4, 0.5) is 5.95 Å². The van der Waals surface area contributed by atoms with E-state index in [1.807, 2.05) is 44.6 Å². The van der Waals surface area contributed by atoms with Gasteiger partial charge in [-0.25, -0.2) is 4.79 Å². The minimum absolute atomic E-state index is 0.0291. The molecule has 4 aromatic heterocycles. The highest BCUT2D eigenvalue weighted by Crippen LogP contribution is 2.23. The number of nitrogens with one attached hydrogen (secondary N) is 1. The topological polar surface area (TPSA) is 109 Å². The van der Waals surface area contributed by atoms with Gasteiger partial charge in [-0.2, -0.15) is 9.97 Å². The fourth-order valence-corrected chi connectivity index (χ4v) is 4.36. The number of hydrogen-bond acceptors (Lipinski definition) is 6. The van der Waals surface area contributed by atoms with Crippen molar-refractivity contribution >= 4 is 51.3 Å². The van der Waals surface area contributed by atoms with Crippen molar-refractivity contribution in [3.8, 4) is 0 Å². The molecule has 0 atom stereocenters. The number of halogens is 2. The Morgan fingerprint density at radius 2 is 1.84 bits per heavy atom. The van der Waals surface area contributed by atoms with E-state index in [9.17, 15) is 4.79 Å². The first-order valence-corrected chi connectivity index (χ1v) is 11.7. The Labute approximate surface area is 203 Å². The Balaban J connectivity index is 1.62. The highest BCUT2D eigenvalue weighted by molar-refractivity contribution is 14.1. The van der Waals surface area contributed by atoms with Crippen molar-refractivity contribution in [2.75, 3.05) is 18.8 Å². The summed E-state index contributed by atoms with van der Waals surface area (Å²) in [6.45, 7) is 6.95. The van der Waals surface area contributed by atoms with Crippen molar-refractivity contribution in [2.45, 2.75) is 33.5 Å². The van der Waals surface area contributed by atoms with E-state index in [4.69, 9.17) is 17.3 Å². The lowest BCUT2D eigenvalue weighted by atomic mass is 10.1. The predicted molar refractivity (Wildman–Crippen MR) is 134 cm³/mol. The Morgan fingerprint density at radius 3 is 2.59 bits per heavy atom. The lowest BCUT2D eigenvalue weighted by Crippen LogP contribution is -2.30. The molecule has 0 spiro atoms. The van der Waals surface area contributed by atoms with Crippen molar-refractivity contribution in [3.05, 3.63) is 66.8 Å². The molecule has 0 unspecified atom stereocenters. The molecule has 0 saturated heterocycles. The van der Waals surface area contributed by atoms with Gasteiger partial charge in [0.1, 0.15) is 5.52 Å². The third-order valence-electron chi connectivity index (χ3n) is 5.38. The van der Waals surface area contributed by atoms with E-state index in [0.717, 1.165) is 33.5 Å². The second-order valence-corrected chi connectivity index (χ2v) is 9.00. The van der Waals surface area contributed by atoms with Crippen LogP contribution in [0.2, 0.25) is 5.15 Å². The number of aromatic nitrogens is 6. The number of rotatable bonds is 8. The maximum absolute atomic E-state index is 13.4. The summed E-state index contributed by atoms with van der Waals surface area (Å²) < 4.78 is 6.40. The smallest absolute Gasteiger partial charge is 0.330 e. The van der Waals surface area contributed by atoms with Crippen LogP contribution in [0.5, 0.6) is 0 Å². The summed E-state index contributed by atoms with van der Waals surface area (Å²) in [5.41, 5.74) is 9.47. The summed E-state index contributed by atoms with van der Waals surface area (Å²) in [5.74, 6) is 0.0291. The summed E-state index contributed by atoms with van der Waals surface area (Å²) in [6, 6.07) is 3.99. The first-order chi connectivity index (χ1) is 15.4. The number of fused-ring (bicyclic) bond motifs is 1. The molecule has 0 bridgehead atoms. The second-order valence-electron chi connectivity index (χ2n) is 7.56. The number of hydrogen-bond donors (Lipinski definition) is 2. The molecule has 9 nitrogen and oxygen atoms in total. The minimum Gasteiger partial charge on any atom is -0.368 e. The van der Waals surface area contributed by atoms with Crippen molar-refractivity contribution < 1.29 is 0 Å². The SMILES string of the molecule is Cc1cnc(Cn2c(=O)n(CCNCCn3cccc3)c3c(Cl)nc(N)nc32)c(C)c1I. The summed E-state index contributed by atoms with van der Waals surface area (Å²) in [7, 11) is 0. The quantitative estimate of drug-likeness (QED) is 0.193. The van der Waals surface area contributed by atoms with Gasteiger partial charge in [-0.15, -0.1) is 0 Å². The Bertz CT molecular complexity index is 1310. The van der Waals surface area contributed by atoms with E-state index in [-0.39, 0.29) is 23.3 Å². The number of nitrogen functional groups attached to an aromatic ring is 1. The van der Waals surface area contributed by atoms with Crippen LogP contribution in [-0.2, 0) is 19.6 Å². The predicted octanol–water partition coefficient (Wildman–Crippen LogP) is 2.58.